The Morgan fingerprint density at radius 2 is 0.963 bits per heavy atom. The highest BCUT2D eigenvalue weighted by Crippen LogP contribution is 2.36. The molecular weight excluding hydrogens is 328 g/mol. The van der Waals surface area contributed by atoms with E-state index in [0.717, 1.165) is 11.4 Å². The molecule has 0 saturated heterocycles. The molecule has 2 nitrogen and oxygen atoms in total. The molecule has 2 aromatic heterocycles. The van der Waals surface area contributed by atoms with Gasteiger partial charge in [-0.05, 0) is 28.5 Å². The molecular formula is C25H18N2. The zero-order valence-electron chi connectivity index (χ0n) is 14.8. The Kier molecular flexibility index (Phi) is 3.87. The second-order valence-electron chi connectivity index (χ2n) is 6.68. The smallest absolute Gasteiger partial charge is 0.0698 e. The van der Waals surface area contributed by atoms with Crippen molar-refractivity contribution in [2.75, 3.05) is 0 Å². The van der Waals surface area contributed by atoms with Gasteiger partial charge in [0.1, 0.15) is 0 Å². The predicted molar refractivity (Wildman–Crippen MR) is 111 cm³/mol. The minimum atomic E-state index is -0.0246. The Labute approximate surface area is 158 Å². The van der Waals surface area contributed by atoms with Gasteiger partial charge in [0.25, 0.3) is 0 Å². The van der Waals surface area contributed by atoms with E-state index in [1.165, 1.54) is 27.1 Å². The monoisotopic (exact) mass is 346 g/mol. The second-order valence-corrected chi connectivity index (χ2v) is 6.68. The summed E-state index contributed by atoms with van der Waals surface area (Å²) in [6.07, 6.45) is 3.80. The molecule has 128 valence electrons. The minimum absolute atomic E-state index is 0.0246. The summed E-state index contributed by atoms with van der Waals surface area (Å²) in [5, 5.41) is 4.74. The lowest BCUT2D eigenvalue weighted by atomic mass is 9.87. The maximum Gasteiger partial charge on any atom is 0.0698 e. The number of hydrogen-bond donors (Lipinski definition) is 0. The van der Waals surface area contributed by atoms with E-state index in [1.807, 2.05) is 18.5 Å². The molecule has 0 aliphatic rings. The number of pyridine rings is 2. The Hall–Kier alpha value is -3.52. The fourth-order valence-electron chi connectivity index (χ4n) is 3.84. The van der Waals surface area contributed by atoms with Gasteiger partial charge in [-0.25, -0.2) is 0 Å². The average molecular weight is 346 g/mol. The summed E-state index contributed by atoms with van der Waals surface area (Å²) >= 11 is 0. The Morgan fingerprint density at radius 3 is 1.52 bits per heavy atom. The number of nitrogens with zero attached hydrogens (tertiary/aromatic N) is 2. The maximum atomic E-state index is 4.83. The standard InChI is InChI=1S/C25H18N2/c1-2-10-20(11-3-1)23(24-21-12-6-4-8-18(21)14-16-26-24)25-22-13-7-5-9-19(22)15-17-27-25/h1-17,23H. The fourth-order valence-corrected chi connectivity index (χ4v) is 3.84. The van der Waals surface area contributed by atoms with Crippen molar-refractivity contribution in [1.29, 1.82) is 0 Å². The zero-order chi connectivity index (χ0) is 18.1. The van der Waals surface area contributed by atoms with Crippen LogP contribution in [0.25, 0.3) is 21.5 Å². The van der Waals surface area contributed by atoms with Gasteiger partial charge < -0.3 is 0 Å². The summed E-state index contributed by atoms with van der Waals surface area (Å²) in [6, 6.07) is 31.5. The van der Waals surface area contributed by atoms with Gasteiger partial charge in [-0.3, -0.25) is 9.97 Å². The van der Waals surface area contributed by atoms with E-state index in [4.69, 9.17) is 9.97 Å². The Bertz CT molecular complexity index is 1140. The zero-order valence-corrected chi connectivity index (χ0v) is 14.8. The van der Waals surface area contributed by atoms with Gasteiger partial charge in [0.05, 0.1) is 17.3 Å². The van der Waals surface area contributed by atoms with Crippen LogP contribution in [0.3, 0.4) is 0 Å². The lowest BCUT2D eigenvalue weighted by Crippen LogP contribution is -2.09. The van der Waals surface area contributed by atoms with Crippen molar-refractivity contribution in [1.82, 2.24) is 9.97 Å². The molecule has 0 aliphatic carbocycles. The Balaban J connectivity index is 1.85. The molecule has 0 fully saturated rings. The van der Waals surface area contributed by atoms with Crippen LogP contribution >= 0.6 is 0 Å². The van der Waals surface area contributed by atoms with Crippen molar-refractivity contribution in [2.24, 2.45) is 0 Å². The van der Waals surface area contributed by atoms with Crippen LogP contribution in [-0.2, 0) is 0 Å². The topological polar surface area (TPSA) is 25.8 Å². The van der Waals surface area contributed by atoms with E-state index >= 15 is 0 Å². The molecule has 0 radical (unpaired) electrons. The van der Waals surface area contributed by atoms with Crippen molar-refractivity contribution in [3.63, 3.8) is 0 Å². The highest BCUT2D eigenvalue weighted by molar-refractivity contribution is 5.89. The molecule has 0 saturated carbocycles. The number of rotatable bonds is 3. The molecule has 0 bridgehead atoms. The van der Waals surface area contributed by atoms with E-state index in [0.29, 0.717) is 0 Å². The minimum Gasteiger partial charge on any atom is -0.260 e. The molecule has 5 rings (SSSR count). The highest BCUT2D eigenvalue weighted by atomic mass is 14.7. The molecule has 0 unspecified atom stereocenters. The first-order valence-corrected chi connectivity index (χ1v) is 9.14. The van der Waals surface area contributed by atoms with E-state index in [-0.39, 0.29) is 5.92 Å². The van der Waals surface area contributed by atoms with Crippen molar-refractivity contribution in [3.8, 4) is 0 Å². The number of hydrogen-bond acceptors (Lipinski definition) is 2. The summed E-state index contributed by atoms with van der Waals surface area (Å²) < 4.78 is 0. The normalized spacial score (nSPS) is 11.3. The molecule has 5 aromatic rings. The van der Waals surface area contributed by atoms with Gasteiger partial charge in [0, 0.05) is 23.2 Å². The van der Waals surface area contributed by atoms with Crippen LogP contribution in [0.15, 0.2) is 103 Å². The number of aromatic nitrogens is 2. The average Bonchev–Trinajstić information content (AvgIpc) is 2.75. The quantitative estimate of drug-likeness (QED) is 0.402. The van der Waals surface area contributed by atoms with Gasteiger partial charge in [0.15, 0.2) is 0 Å². The molecule has 2 heteroatoms. The molecule has 0 N–H and O–H groups in total. The fraction of sp³-hybridized carbons (Fsp3) is 0.0400. The van der Waals surface area contributed by atoms with Crippen molar-refractivity contribution >= 4 is 21.5 Å². The first kappa shape index (κ1) is 15.7. The van der Waals surface area contributed by atoms with Crippen LogP contribution in [0.2, 0.25) is 0 Å². The van der Waals surface area contributed by atoms with Crippen molar-refractivity contribution in [3.05, 3.63) is 120 Å². The first-order valence-electron chi connectivity index (χ1n) is 9.14. The van der Waals surface area contributed by atoms with Gasteiger partial charge in [-0.15, -0.1) is 0 Å². The summed E-state index contributed by atoms with van der Waals surface area (Å²) in [4.78, 5) is 9.65. The molecule has 3 aromatic carbocycles. The Morgan fingerprint density at radius 1 is 0.481 bits per heavy atom. The molecule has 27 heavy (non-hydrogen) atoms. The van der Waals surface area contributed by atoms with Crippen LogP contribution in [0.5, 0.6) is 0 Å². The van der Waals surface area contributed by atoms with Gasteiger partial charge in [-0.2, -0.15) is 0 Å². The van der Waals surface area contributed by atoms with E-state index in [1.54, 1.807) is 0 Å². The maximum absolute atomic E-state index is 4.83. The summed E-state index contributed by atoms with van der Waals surface area (Å²) in [5.41, 5.74) is 3.29. The largest absolute Gasteiger partial charge is 0.260 e. The lowest BCUT2D eigenvalue weighted by molar-refractivity contribution is 0.899. The van der Waals surface area contributed by atoms with Crippen LogP contribution in [0.4, 0.5) is 0 Å². The molecule has 0 atom stereocenters. The van der Waals surface area contributed by atoms with E-state index < -0.39 is 0 Å². The first-order chi connectivity index (χ1) is 13.4. The number of fused-ring (bicyclic) bond motifs is 2. The third-order valence-corrected chi connectivity index (χ3v) is 5.09. The lowest BCUT2D eigenvalue weighted by Gasteiger charge is -2.20. The third-order valence-electron chi connectivity index (χ3n) is 5.09. The van der Waals surface area contributed by atoms with Gasteiger partial charge >= 0.3 is 0 Å². The second kappa shape index (κ2) is 6.65. The van der Waals surface area contributed by atoms with Crippen LogP contribution in [0.1, 0.15) is 22.9 Å². The van der Waals surface area contributed by atoms with E-state index in [9.17, 15) is 0 Å². The van der Waals surface area contributed by atoms with Crippen molar-refractivity contribution in [2.45, 2.75) is 5.92 Å². The van der Waals surface area contributed by atoms with Crippen molar-refractivity contribution < 1.29 is 0 Å². The molecule has 0 aliphatic heterocycles. The van der Waals surface area contributed by atoms with Gasteiger partial charge in [0.2, 0.25) is 0 Å². The van der Waals surface area contributed by atoms with Crippen LogP contribution in [0, 0.1) is 0 Å². The van der Waals surface area contributed by atoms with Gasteiger partial charge in [-0.1, -0.05) is 78.9 Å². The highest BCUT2D eigenvalue weighted by Gasteiger charge is 2.23. The molecule has 0 spiro atoms. The number of benzene rings is 3. The summed E-state index contributed by atoms with van der Waals surface area (Å²) in [5.74, 6) is -0.0246. The van der Waals surface area contributed by atoms with Crippen LogP contribution in [-0.4, -0.2) is 9.97 Å². The summed E-state index contributed by atoms with van der Waals surface area (Å²) in [6.45, 7) is 0. The predicted octanol–water partition coefficient (Wildman–Crippen LogP) is 5.96. The summed E-state index contributed by atoms with van der Waals surface area (Å²) in [7, 11) is 0. The molecule has 0 amide bonds. The van der Waals surface area contributed by atoms with Crippen LogP contribution < -0.4 is 0 Å². The molecule has 2 heterocycles. The third kappa shape index (κ3) is 2.76. The SMILES string of the molecule is c1ccc(C(c2nccc3ccccc23)c2nccc3ccccc23)cc1. The van der Waals surface area contributed by atoms with E-state index in [2.05, 4.69) is 84.9 Å².